The van der Waals surface area contributed by atoms with Crippen LogP contribution < -0.4 is 0 Å². The smallest absolute Gasteiger partial charge is 0.336 e. The molecule has 0 bridgehead atoms. The summed E-state index contributed by atoms with van der Waals surface area (Å²) in [5.41, 5.74) is 2.34. The summed E-state index contributed by atoms with van der Waals surface area (Å²) in [6.07, 6.45) is 0. The van der Waals surface area contributed by atoms with Crippen LogP contribution in [0.5, 0.6) is 0 Å². The first-order valence-corrected chi connectivity index (χ1v) is 4.68. The quantitative estimate of drug-likeness (QED) is 0.789. The molecule has 0 unspecified atom stereocenters. The lowest BCUT2D eigenvalue weighted by Crippen LogP contribution is -2.04. The van der Waals surface area contributed by atoms with Crippen LogP contribution in [0.1, 0.15) is 21.5 Å². The average Bonchev–Trinajstić information content (AvgIpc) is 2.70. The van der Waals surface area contributed by atoms with Crippen molar-refractivity contribution in [2.24, 2.45) is 0 Å². The normalized spacial score (nSPS) is 10.4. The highest BCUT2D eigenvalue weighted by atomic mass is 16.4. The van der Waals surface area contributed by atoms with E-state index in [1.165, 1.54) is 0 Å². The van der Waals surface area contributed by atoms with E-state index in [4.69, 9.17) is 5.11 Å². The third-order valence-electron chi connectivity index (χ3n) is 2.47. The summed E-state index contributed by atoms with van der Waals surface area (Å²) in [7, 11) is 0. The first kappa shape index (κ1) is 10.3. The maximum atomic E-state index is 11.1. The molecule has 16 heavy (non-hydrogen) atoms. The Bertz CT molecular complexity index is 534. The molecule has 0 aliphatic rings. The Balaban J connectivity index is 2.66. The Morgan fingerprint density at radius 3 is 2.69 bits per heavy atom. The number of rotatable bonds is 2. The molecule has 0 aliphatic heterocycles. The summed E-state index contributed by atoms with van der Waals surface area (Å²) in [5, 5.41) is 22.6. The predicted octanol–water partition coefficient (Wildman–Crippen LogP) is 1.18. The molecule has 1 heterocycles. The molecule has 0 amide bonds. The van der Waals surface area contributed by atoms with Gasteiger partial charge in [0.15, 0.2) is 0 Å². The van der Waals surface area contributed by atoms with Crippen molar-refractivity contribution < 1.29 is 9.90 Å². The Hall–Kier alpha value is -2.24. The maximum absolute atomic E-state index is 11.1. The lowest BCUT2D eigenvalue weighted by atomic mass is 9.97. The summed E-state index contributed by atoms with van der Waals surface area (Å²) in [6.45, 7) is 3.50. The van der Waals surface area contributed by atoms with Gasteiger partial charge in [-0.15, -0.1) is 10.2 Å². The lowest BCUT2D eigenvalue weighted by molar-refractivity contribution is 0.0695. The molecule has 0 spiro atoms. The van der Waals surface area contributed by atoms with Gasteiger partial charge in [-0.1, -0.05) is 12.1 Å². The molecule has 2 N–H and O–H groups in total. The van der Waals surface area contributed by atoms with Crippen LogP contribution >= 0.6 is 0 Å². The maximum Gasteiger partial charge on any atom is 0.336 e. The van der Waals surface area contributed by atoms with E-state index in [0.717, 1.165) is 5.56 Å². The van der Waals surface area contributed by atoms with Gasteiger partial charge >= 0.3 is 5.97 Å². The second-order valence-corrected chi connectivity index (χ2v) is 3.47. The number of carboxylic acids is 1. The number of aromatic nitrogens is 4. The number of hydrogen-bond donors (Lipinski definition) is 2. The van der Waals surface area contributed by atoms with Crippen LogP contribution in [-0.2, 0) is 0 Å². The van der Waals surface area contributed by atoms with Crippen LogP contribution in [0, 0.1) is 13.8 Å². The van der Waals surface area contributed by atoms with Crippen molar-refractivity contribution >= 4 is 5.97 Å². The molecule has 82 valence electrons. The van der Waals surface area contributed by atoms with E-state index in [2.05, 4.69) is 20.6 Å². The molecule has 1 aromatic heterocycles. The van der Waals surface area contributed by atoms with Crippen molar-refractivity contribution in [1.29, 1.82) is 0 Å². The molecule has 0 radical (unpaired) electrons. The van der Waals surface area contributed by atoms with Crippen molar-refractivity contribution in [3.8, 4) is 11.4 Å². The number of aromatic amines is 1. The third kappa shape index (κ3) is 1.54. The zero-order valence-electron chi connectivity index (χ0n) is 8.85. The minimum atomic E-state index is -0.944. The highest BCUT2D eigenvalue weighted by molar-refractivity contribution is 5.93. The van der Waals surface area contributed by atoms with Crippen LogP contribution in [0.25, 0.3) is 11.4 Å². The molecule has 0 saturated carbocycles. The molecule has 1 aromatic carbocycles. The third-order valence-corrected chi connectivity index (χ3v) is 2.47. The molecule has 0 fully saturated rings. The van der Waals surface area contributed by atoms with Crippen molar-refractivity contribution in [3.63, 3.8) is 0 Å². The molecule has 0 saturated heterocycles. The largest absolute Gasteiger partial charge is 0.478 e. The number of nitrogens with zero attached hydrogens (tertiary/aromatic N) is 3. The van der Waals surface area contributed by atoms with Gasteiger partial charge in [-0.25, -0.2) is 4.79 Å². The average molecular weight is 218 g/mol. The molecular formula is C10H10N4O2. The first-order chi connectivity index (χ1) is 7.61. The van der Waals surface area contributed by atoms with Crippen LogP contribution in [0.2, 0.25) is 0 Å². The fourth-order valence-corrected chi connectivity index (χ4v) is 1.69. The number of benzene rings is 1. The van der Waals surface area contributed by atoms with Crippen molar-refractivity contribution in [2.45, 2.75) is 13.8 Å². The van der Waals surface area contributed by atoms with E-state index in [0.29, 0.717) is 22.5 Å². The van der Waals surface area contributed by atoms with Gasteiger partial charge in [0.05, 0.1) is 5.56 Å². The number of nitrogens with one attached hydrogen (secondary N) is 1. The fourth-order valence-electron chi connectivity index (χ4n) is 1.69. The number of carbonyl (C=O) groups is 1. The van der Waals surface area contributed by atoms with Gasteiger partial charge in [0.1, 0.15) is 0 Å². The van der Waals surface area contributed by atoms with E-state index in [9.17, 15) is 4.79 Å². The van der Waals surface area contributed by atoms with Gasteiger partial charge in [0.2, 0.25) is 5.82 Å². The Labute approximate surface area is 91.3 Å². The number of carboxylic acid groups (broad SMARTS) is 1. The summed E-state index contributed by atoms with van der Waals surface area (Å²) >= 11 is 0. The molecule has 6 nitrogen and oxygen atoms in total. The lowest BCUT2D eigenvalue weighted by Gasteiger charge is -2.08. The minimum Gasteiger partial charge on any atom is -0.478 e. The van der Waals surface area contributed by atoms with E-state index >= 15 is 0 Å². The topological polar surface area (TPSA) is 91.8 Å². The molecule has 0 atom stereocenters. The molecular weight excluding hydrogens is 208 g/mol. The van der Waals surface area contributed by atoms with Crippen molar-refractivity contribution in [2.75, 3.05) is 0 Å². The van der Waals surface area contributed by atoms with Gasteiger partial charge in [0, 0.05) is 5.56 Å². The van der Waals surface area contributed by atoms with Gasteiger partial charge in [0.25, 0.3) is 0 Å². The van der Waals surface area contributed by atoms with Gasteiger partial charge < -0.3 is 5.11 Å². The number of aromatic carboxylic acids is 1. The summed E-state index contributed by atoms with van der Waals surface area (Å²) in [6, 6.07) is 3.53. The van der Waals surface area contributed by atoms with Gasteiger partial charge in [-0.05, 0) is 30.2 Å². The number of H-pyrrole nitrogens is 1. The SMILES string of the molecule is Cc1ccc(-c2nn[nH]n2)c(C)c1C(=O)O. The number of hydrogen-bond acceptors (Lipinski definition) is 4. The highest BCUT2D eigenvalue weighted by Gasteiger charge is 2.16. The molecule has 2 rings (SSSR count). The first-order valence-electron chi connectivity index (χ1n) is 4.68. The van der Waals surface area contributed by atoms with E-state index in [1.54, 1.807) is 26.0 Å². The molecule has 0 aliphatic carbocycles. The Morgan fingerprint density at radius 1 is 1.38 bits per heavy atom. The van der Waals surface area contributed by atoms with Crippen molar-refractivity contribution in [3.05, 3.63) is 28.8 Å². The van der Waals surface area contributed by atoms with Crippen LogP contribution in [-0.4, -0.2) is 31.7 Å². The predicted molar refractivity (Wildman–Crippen MR) is 56.0 cm³/mol. The standard InChI is InChI=1S/C10H10N4O2/c1-5-3-4-7(9-11-13-14-12-9)6(2)8(5)10(15)16/h3-4H,1-2H3,(H,15,16)(H,11,12,13,14). The number of aryl methyl sites for hydroxylation is 1. The summed E-state index contributed by atoms with van der Waals surface area (Å²) in [5.74, 6) is -0.541. The van der Waals surface area contributed by atoms with E-state index in [1.807, 2.05) is 0 Å². The zero-order chi connectivity index (χ0) is 11.7. The van der Waals surface area contributed by atoms with Crippen molar-refractivity contribution in [1.82, 2.24) is 20.6 Å². The minimum absolute atomic E-state index is 0.294. The summed E-state index contributed by atoms with van der Waals surface area (Å²) < 4.78 is 0. The Morgan fingerprint density at radius 2 is 2.12 bits per heavy atom. The zero-order valence-corrected chi connectivity index (χ0v) is 8.85. The van der Waals surface area contributed by atoms with E-state index in [-0.39, 0.29) is 0 Å². The molecule has 6 heteroatoms. The highest BCUT2D eigenvalue weighted by Crippen LogP contribution is 2.24. The van der Waals surface area contributed by atoms with Crippen LogP contribution in [0.4, 0.5) is 0 Å². The molecule has 2 aromatic rings. The second kappa shape index (κ2) is 3.73. The van der Waals surface area contributed by atoms with Crippen LogP contribution in [0.3, 0.4) is 0 Å². The monoisotopic (exact) mass is 218 g/mol. The second-order valence-electron chi connectivity index (χ2n) is 3.47. The number of tetrazole rings is 1. The van der Waals surface area contributed by atoms with E-state index < -0.39 is 5.97 Å². The summed E-state index contributed by atoms with van der Waals surface area (Å²) in [4.78, 5) is 11.1. The Kier molecular flexibility index (Phi) is 2.40. The van der Waals surface area contributed by atoms with Gasteiger partial charge in [-0.3, -0.25) is 0 Å². The van der Waals surface area contributed by atoms with Gasteiger partial charge in [-0.2, -0.15) is 5.21 Å². The fraction of sp³-hybridized carbons (Fsp3) is 0.200. The van der Waals surface area contributed by atoms with Crippen LogP contribution in [0.15, 0.2) is 12.1 Å².